The quantitative estimate of drug-likeness (QED) is 0.239. The summed E-state index contributed by atoms with van der Waals surface area (Å²) in [5, 5.41) is 12.9. The van der Waals surface area contributed by atoms with Crippen LogP contribution in [0, 0.1) is 5.82 Å². The molecule has 0 aliphatic heterocycles. The summed E-state index contributed by atoms with van der Waals surface area (Å²) in [7, 11) is 4.01. The van der Waals surface area contributed by atoms with E-state index in [0.717, 1.165) is 34.6 Å². The van der Waals surface area contributed by atoms with Gasteiger partial charge in [-0.05, 0) is 56.8 Å². The van der Waals surface area contributed by atoms with Crippen molar-refractivity contribution in [3.05, 3.63) is 78.8 Å². The minimum absolute atomic E-state index is 0.0929. The average molecular weight is 490 g/mol. The summed E-state index contributed by atoms with van der Waals surface area (Å²) in [4.78, 5) is 6.32. The lowest BCUT2D eigenvalue weighted by molar-refractivity contribution is 0.261. The Kier molecular flexibility index (Phi) is 8.36. The van der Waals surface area contributed by atoms with Crippen molar-refractivity contribution in [1.82, 2.24) is 9.88 Å². The number of likely N-dealkylation sites (N-methyl/N-ethyl adjacent to an activating group) is 1. The molecule has 2 aromatic carbocycles. The van der Waals surface area contributed by atoms with E-state index in [4.69, 9.17) is 14.3 Å². The molecule has 7 heteroatoms. The molecule has 6 nitrogen and oxygen atoms in total. The number of ether oxygens (including phenoxy) is 1. The Labute approximate surface area is 211 Å². The first-order valence-corrected chi connectivity index (χ1v) is 12.0. The van der Waals surface area contributed by atoms with Crippen molar-refractivity contribution in [3.8, 4) is 28.2 Å². The van der Waals surface area contributed by atoms with E-state index in [1.54, 1.807) is 0 Å². The molecule has 0 bridgehead atoms. The van der Waals surface area contributed by atoms with Crippen LogP contribution in [0.2, 0.25) is 0 Å². The predicted molar refractivity (Wildman–Crippen MR) is 143 cm³/mol. The van der Waals surface area contributed by atoms with E-state index < -0.39 is 5.82 Å². The van der Waals surface area contributed by atoms with Crippen LogP contribution >= 0.6 is 0 Å². The second-order valence-electron chi connectivity index (χ2n) is 8.94. The van der Waals surface area contributed by atoms with Gasteiger partial charge in [-0.1, -0.05) is 42.5 Å². The number of nitrogens with zero attached hydrogens (tertiary/aromatic N) is 2. The van der Waals surface area contributed by atoms with E-state index in [9.17, 15) is 0 Å². The number of fused-ring (bicyclic) bond motifs is 1. The third-order valence-corrected chi connectivity index (χ3v) is 5.86. The Bertz CT molecular complexity index is 1300. The van der Waals surface area contributed by atoms with Gasteiger partial charge in [-0.2, -0.15) is 0 Å². The Morgan fingerprint density at radius 1 is 1.11 bits per heavy atom. The molecule has 0 amide bonds. The summed E-state index contributed by atoms with van der Waals surface area (Å²) in [6.45, 7) is 5.93. The lowest BCUT2D eigenvalue weighted by Crippen LogP contribution is -2.19. The maximum absolute atomic E-state index is 15.1. The molecule has 188 valence electrons. The van der Waals surface area contributed by atoms with Gasteiger partial charge in [-0.3, -0.25) is 0 Å². The molecule has 4 aromatic rings. The van der Waals surface area contributed by atoms with Gasteiger partial charge in [0.2, 0.25) is 5.71 Å². The minimum Gasteiger partial charge on any atom is -0.492 e. The highest BCUT2D eigenvalue weighted by molar-refractivity contribution is 6.07. The molecule has 2 aromatic heterocycles. The van der Waals surface area contributed by atoms with Crippen LogP contribution in [0.4, 0.5) is 10.1 Å². The van der Waals surface area contributed by atoms with Crippen LogP contribution in [-0.4, -0.2) is 55.4 Å². The topological polar surface area (TPSA) is 70.8 Å². The van der Waals surface area contributed by atoms with Gasteiger partial charge in [0.1, 0.15) is 18.1 Å². The monoisotopic (exact) mass is 489 g/mol. The second-order valence-corrected chi connectivity index (χ2v) is 8.94. The predicted octanol–water partition coefficient (Wildman–Crippen LogP) is 5.98. The van der Waals surface area contributed by atoms with E-state index in [0.29, 0.717) is 48.5 Å². The fraction of sp³-hybridized carbons (Fsp3) is 0.276. The number of aromatic nitrogens is 1. The fourth-order valence-electron chi connectivity index (χ4n) is 3.98. The zero-order chi connectivity index (χ0) is 25.5. The molecule has 0 radical (unpaired) electrons. The van der Waals surface area contributed by atoms with Gasteiger partial charge < -0.3 is 24.5 Å². The normalized spacial score (nSPS) is 11.2. The van der Waals surface area contributed by atoms with Crippen LogP contribution < -0.4 is 10.1 Å². The number of aliphatic hydroxyl groups excluding tert-OH is 1. The summed E-state index contributed by atoms with van der Waals surface area (Å²) in [5.41, 5.74) is 4.05. The second kappa shape index (κ2) is 11.8. The van der Waals surface area contributed by atoms with E-state index in [-0.39, 0.29) is 6.61 Å². The van der Waals surface area contributed by atoms with E-state index >= 15 is 4.39 Å². The Balaban J connectivity index is 1.75. The van der Waals surface area contributed by atoms with E-state index in [1.165, 1.54) is 6.20 Å². The molecule has 0 aliphatic carbocycles. The van der Waals surface area contributed by atoms with Gasteiger partial charge >= 0.3 is 0 Å². The van der Waals surface area contributed by atoms with Crippen LogP contribution in [0.25, 0.3) is 33.6 Å². The number of rotatable bonds is 12. The maximum Gasteiger partial charge on any atom is 0.229 e. The summed E-state index contributed by atoms with van der Waals surface area (Å²) >= 11 is 0. The highest BCUT2D eigenvalue weighted by Gasteiger charge is 2.23. The van der Waals surface area contributed by atoms with Crippen LogP contribution in [0.5, 0.6) is 5.75 Å². The third-order valence-electron chi connectivity index (χ3n) is 5.86. The average Bonchev–Trinajstić information content (AvgIpc) is 3.27. The Morgan fingerprint density at radius 2 is 1.86 bits per heavy atom. The van der Waals surface area contributed by atoms with Gasteiger partial charge in [0, 0.05) is 30.8 Å². The summed E-state index contributed by atoms with van der Waals surface area (Å²) in [5.74, 6) is 0.911. The Hall–Kier alpha value is -3.68. The molecule has 0 unspecified atom stereocenters. The standard InChI is InChI=1S/C29H32FN3O3/c1-20(8-7-16-34)18-31-27-24(30)19-32-29-26(27)25(21-9-5-4-6-10-21)28(36-29)22-11-13-23(14-12-22)35-17-15-33(2)3/h4-6,9-14,19,34H,1,7-8,15-18H2,2-3H3,(H,31,32). The number of pyridine rings is 1. The molecule has 2 heterocycles. The van der Waals surface area contributed by atoms with Crippen molar-refractivity contribution < 1.29 is 18.7 Å². The van der Waals surface area contributed by atoms with Crippen molar-refractivity contribution in [3.63, 3.8) is 0 Å². The third kappa shape index (κ3) is 5.93. The highest BCUT2D eigenvalue weighted by Crippen LogP contribution is 2.44. The largest absolute Gasteiger partial charge is 0.492 e. The molecular weight excluding hydrogens is 457 g/mol. The first-order valence-electron chi connectivity index (χ1n) is 12.0. The van der Waals surface area contributed by atoms with Crippen molar-refractivity contribution in [2.75, 3.05) is 45.7 Å². The molecule has 36 heavy (non-hydrogen) atoms. The summed E-state index contributed by atoms with van der Waals surface area (Å²) < 4.78 is 27.2. The number of furan rings is 1. The van der Waals surface area contributed by atoms with Gasteiger partial charge in [0.05, 0.1) is 17.3 Å². The molecule has 0 aliphatic rings. The molecular formula is C29H32FN3O3. The summed E-state index contributed by atoms with van der Waals surface area (Å²) in [6.07, 6.45) is 2.45. The fourth-order valence-corrected chi connectivity index (χ4v) is 3.98. The maximum atomic E-state index is 15.1. The number of anilines is 1. The van der Waals surface area contributed by atoms with Crippen molar-refractivity contribution in [1.29, 1.82) is 0 Å². The zero-order valence-corrected chi connectivity index (χ0v) is 20.8. The molecule has 2 N–H and O–H groups in total. The first kappa shape index (κ1) is 25.4. The molecule has 0 atom stereocenters. The lowest BCUT2D eigenvalue weighted by atomic mass is 9.98. The number of halogens is 1. The minimum atomic E-state index is -0.466. The molecule has 0 saturated heterocycles. The smallest absolute Gasteiger partial charge is 0.229 e. The van der Waals surface area contributed by atoms with Gasteiger partial charge in [0.25, 0.3) is 0 Å². The van der Waals surface area contributed by atoms with Crippen molar-refractivity contribution in [2.45, 2.75) is 12.8 Å². The highest BCUT2D eigenvalue weighted by atomic mass is 19.1. The van der Waals surface area contributed by atoms with Crippen LogP contribution in [0.15, 0.2) is 77.4 Å². The van der Waals surface area contributed by atoms with Crippen LogP contribution in [0.1, 0.15) is 12.8 Å². The number of aliphatic hydroxyl groups is 1. The SMILES string of the molecule is C=C(CCCO)CNc1c(F)cnc2oc(-c3ccc(OCCN(C)C)cc3)c(-c3ccccc3)c12. The molecule has 0 fully saturated rings. The van der Waals surface area contributed by atoms with Gasteiger partial charge in [-0.15, -0.1) is 0 Å². The molecule has 4 rings (SSSR count). The number of nitrogens with one attached hydrogen (secondary N) is 1. The van der Waals surface area contributed by atoms with Crippen molar-refractivity contribution in [2.24, 2.45) is 0 Å². The molecule has 0 saturated carbocycles. The van der Waals surface area contributed by atoms with Gasteiger partial charge in [-0.25, -0.2) is 9.37 Å². The van der Waals surface area contributed by atoms with Crippen LogP contribution in [0.3, 0.4) is 0 Å². The van der Waals surface area contributed by atoms with Crippen molar-refractivity contribution >= 4 is 16.8 Å². The van der Waals surface area contributed by atoms with E-state index in [1.807, 2.05) is 68.7 Å². The van der Waals surface area contributed by atoms with E-state index in [2.05, 4.69) is 21.8 Å². The Morgan fingerprint density at radius 3 is 2.56 bits per heavy atom. The lowest BCUT2D eigenvalue weighted by Gasteiger charge is -2.12. The number of hydrogen-bond donors (Lipinski definition) is 2. The number of benzene rings is 2. The first-order chi connectivity index (χ1) is 17.5. The number of hydrogen-bond acceptors (Lipinski definition) is 6. The van der Waals surface area contributed by atoms with Crippen LogP contribution in [-0.2, 0) is 0 Å². The summed E-state index contributed by atoms with van der Waals surface area (Å²) in [6, 6.07) is 17.5. The van der Waals surface area contributed by atoms with Gasteiger partial charge in [0.15, 0.2) is 5.82 Å². The zero-order valence-electron chi connectivity index (χ0n) is 20.8. The molecule has 0 spiro atoms.